The third-order valence-electron chi connectivity index (χ3n) is 1.57. The van der Waals surface area contributed by atoms with E-state index in [4.69, 9.17) is 11.5 Å². The lowest BCUT2D eigenvalue weighted by Gasteiger charge is -2.05. The van der Waals surface area contributed by atoms with Crippen LogP contribution in [0.2, 0.25) is 0 Å². The Labute approximate surface area is 84.0 Å². The maximum atomic E-state index is 11.1. The molecule has 70 valence electrons. The number of benzene rings is 1. The number of halogens is 1. The summed E-state index contributed by atoms with van der Waals surface area (Å²) in [5.41, 5.74) is 12.2. The van der Waals surface area contributed by atoms with E-state index >= 15 is 0 Å². The van der Waals surface area contributed by atoms with Gasteiger partial charge >= 0.3 is 5.97 Å². The van der Waals surface area contributed by atoms with E-state index in [1.54, 1.807) is 0 Å². The Balaban J connectivity index is 3.23. The highest BCUT2D eigenvalue weighted by Crippen LogP contribution is 2.25. The van der Waals surface area contributed by atoms with Gasteiger partial charge in [0, 0.05) is 15.8 Å². The summed E-state index contributed by atoms with van der Waals surface area (Å²) in [5, 5.41) is 0. The molecule has 0 heterocycles. The van der Waals surface area contributed by atoms with Crippen LogP contribution in [0.5, 0.6) is 0 Å². The van der Waals surface area contributed by atoms with E-state index in [-0.39, 0.29) is 0 Å². The van der Waals surface area contributed by atoms with E-state index in [0.717, 1.165) is 0 Å². The van der Waals surface area contributed by atoms with E-state index in [0.29, 0.717) is 21.4 Å². The van der Waals surface area contributed by atoms with Crippen molar-refractivity contribution in [2.24, 2.45) is 0 Å². The van der Waals surface area contributed by atoms with Gasteiger partial charge in [0.25, 0.3) is 0 Å². The molecule has 0 bridgehead atoms. The molecular weight excluding hydrogens is 236 g/mol. The van der Waals surface area contributed by atoms with Crippen LogP contribution >= 0.6 is 15.9 Å². The molecule has 1 aromatic rings. The summed E-state index contributed by atoms with van der Waals surface area (Å²) in [5.74, 6) is -0.474. The van der Waals surface area contributed by atoms with Crippen molar-refractivity contribution in [1.29, 1.82) is 0 Å². The highest BCUT2D eigenvalue weighted by atomic mass is 79.9. The Hall–Kier alpha value is -1.23. The van der Waals surface area contributed by atoms with Crippen molar-refractivity contribution in [3.05, 3.63) is 22.2 Å². The fourth-order valence-electron chi connectivity index (χ4n) is 0.894. The Kier molecular flexibility index (Phi) is 2.77. The molecule has 0 saturated heterocycles. The molecule has 4 nitrogen and oxygen atoms in total. The van der Waals surface area contributed by atoms with E-state index in [9.17, 15) is 4.79 Å². The second-order valence-electron chi connectivity index (χ2n) is 2.45. The van der Waals surface area contributed by atoms with Crippen molar-refractivity contribution in [3.8, 4) is 0 Å². The number of anilines is 2. The largest absolute Gasteiger partial charge is 0.465 e. The molecule has 0 aliphatic heterocycles. The van der Waals surface area contributed by atoms with Gasteiger partial charge < -0.3 is 16.2 Å². The van der Waals surface area contributed by atoms with Gasteiger partial charge in [-0.3, -0.25) is 0 Å². The first-order valence-corrected chi connectivity index (χ1v) is 4.28. The zero-order valence-corrected chi connectivity index (χ0v) is 8.59. The standard InChI is InChI=1S/C8H9BrN2O2/c1-13-8(12)4-2-5(9)7(11)3-6(4)10/h2-3H,10-11H2,1H3. The van der Waals surface area contributed by atoms with E-state index in [2.05, 4.69) is 20.7 Å². The van der Waals surface area contributed by atoms with Crippen LogP contribution in [0.3, 0.4) is 0 Å². The molecule has 13 heavy (non-hydrogen) atoms. The van der Waals surface area contributed by atoms with Crippen LogP contribution in [0.25, 0.3) is 0 Å². The van der Waals surface area contributed by atoms with Gasteiger partial charge in [0.15, 0.2) is 0 Å². The lowest BCUT2D eigenvalue weighted by Crippen LogP contribution is -2.06. The lowest BCUT2D eigenvalue weighted by molar-refractivity contribution is 0.0602. The number of nitrogens with two attached hydrogens (primary N) is 2. The number of esters is 1. The average molecular weight is 245 g/mol. The Bertz CT molecular complexity index is 352. The Morgan fingerprint density at radius 2 is 2.00 bits per heavy atom. The van der Waals surface area contributed by atoms with E-state index in [1.165, 1.54) is 19.2 Å². The van der Waals surface area contributed by atoms with Crippen LogP contribution in [0, 0.1) is 0 Å². The minimum atomic E-state index is -0.474. The summed E-state index contributed by atoms with van der Waals surface area (Å²) in [7, 11) is 1.30. The molecule has 0 spiro atoms. The predicted molar refractivity (Wildman–Crippen MR) is 54.3 cm³/mol. The van der Waals surface area contributed by atoms with Crippen LogP contribution in [0.4, 0.5) is 11.4 Å². The van der Waals surface area contributed by atoms with Crippen molar-refractivity contribution < 1.29 is 9.53 Å². The average Bonchev–Trinajstić information content (AvgIpc) is 2.10. The summed E-state index contributed by atoms with van der Waals surface area (Å²) < 4.78 is 5.16. The van der Waals surface area contributed by atoms with Gasteiger partial charge in [0.05, 0.1) is 12.7 Å². The quantitative estimate of drug-likeness (QED) is 0.579. The third kappa shape index (κ3) is 1.92. The zero-order valence-electron chi connectivity index (χ0n) is 7.00. The SMILES string of the molecule is COC(=O)c1cc(Br)c(N)cc1N. The topological polar surface area (TPSA) is 78.3 Å². The van der Waals surface area contributed by atoms with E-state index in [1.807, 2.05) is 0 Å². The minimum Gasteiger partial charge on any atom is -0.465 e. The van der Waals surface area contributed by atoms with Crippen molar-refractivity contribution in [3.63, 3.8) is 0 Å². The molecule has 0 fully saturated rings. The molecule has 1 aromatic carbocycles. The minimum absolute atomic E-state index is 0.309. The maximum absolute atomic E-state index is 11.1. The molecule has 0 unspecified atom stereocenters. The first-order valence-electron chi connectivity index (χ1n) is 3.49. The molecule has 1 rings (SSSR count). The number of hydrogen-bond donors (Lipinski definition) is 2. The number of hydrogen-bond acceptors (Lipinski definition) is 4. The van der Waals surface area contributed by atoms with Gasteiger partial charge in [-0.25, -0.2) is 4.79 Å². The van der Waals surface area contributed by atoms with E-state index < -0.39 is 5.97 Å². The first-order chi connectivity index (χ1) is 6.06. The highest BCUT2D eigenvalue weighted by Gasteiger charge is 2.11. The number of nitrogen functional groups attached to an aromatic ring is 2. The lowest BCUT2D eigenvalue weighted by atomic mass is 10.1. The molecule has 0 aliphatic rings. The number of carbonyl (C=O) groups is 1. The van der Waals surface area contributed by atoms with Crippen molar-refractivity contribution in [2.45, 2.75) is 0 Å². The number of rotatable bonds is 1. The van der Waals surface area contributed by atoms with Crippen molar-refractivity contribution >= 4 is 33.3 Å². The predicted octanol–water partition coefficient (Wildman–Crippen LogP) is 1.40. The normalized spacial score (nSPS) is 9.69. The molecule has 0 radical (unpaired) electrons. The summed E-state index contributed by atoms with van der Waals surface area (Å²) in [4.78, 5) is 11.1. The zero-order chi connectivity index (χ0) is 10.0. The molecule has 4 N–H and O–H groups in total. The molecule has 0 aromatic heterocycles. The molecule has 0 atom stereocenters. The van der Waals surface area contributed by atoms with Crippen molar-refractivity contribution in [2.75, 3.05) is 18.6 Å². The fraction of sp³-hybridized carbons (Fsp3) is 0.125. The maximum Gasteiger partial charge on any atom is 0.339 e. The summed E-state index contributed by atoms with van der Waals surface area (Å²) in [6.45, 7) is 0. The van der Waals surface area contributed by atoms with Crippen LogP contribution in [0.15, 0.2) is 16.6 Å². The van der Waals surface area contributed by atoms with Crippen molar-refractivity contribution in [1.82, 2.24) is 0 Å². The summed E-state index contributed by atoms with van der Waals surface area (Å²) in [6.07, 6.45) is 0. The smallest absolute Gasteiger partial charge is 0.339 e. The third-order valence-corrected chi connectivity index (χ3v) is 2.26. The van der Waals surface area contributed by atoms with Gasteiger partial charge in [-0.1, -0.05) is 0 Å². The number of ether oxygens (including phenoxy) is 1. The number of carbonyl (C=O) groups excluding carboxylic acids is 1. The van der Waals surface area contributed by atoms with Crippen LogP contribution in [0.1, 0.15) is 10.4 Å². The van der Waals surface area contributed by atoms with Crippen LogP contribution in [-0.2, 0) is 4.74 Å². The Morgan fingerprint density at radius 1 is 1.38 bits per heavy atom. The summed E-state index contributed by atoms with van der Waals surface area (Å²) in [6, 6.07) is 3.05. The monoisotopic (exact) mass is 244 g/mol. The number of methoxy groups -OCH3 is 1. The molecule has 0 saturated carbocycles. The Morgan fingerprint density at radius 3 is 2.54 bits per heavy atom. The fourth-order valence-corrected chi connectivity index (χ4v) is 1.24. The molecule has 0 amide bonds. The molecule has 0 aliphatic carbocycles. The van der Waals surface area contributed by atoms with Gasteiger partial charge in [-0.05, 0) is 28.1 Å². The van der Waals surface area contributed by atoms with Gasteiger partial charge in [-0.15, -0.1) is 0 Å². The second kappa shape index (κ2) is 3.66. The van der Waals surface area contributed by atoms with Crippen LogP contribution in [-0.4, -0.2) is 13.1 Å². The van der Waals surface area contributed by atoms with Gasteiger partial charge in [-0.2, -0.15) is 0 Å². The van der Waals surface area contributed by atoms with Gasteiger partial charge in [0.1, 0.15) is 0 Å². The van der Waals surface area contributed by atoms with Gasteiger partial charge in [0.2, 0.25) is 0 Å². The first kappa shape index (κ1) is 9.85. The summed E-state index contributed by atoms with van der Waals surface area (Å²) >= 11 is 3.19. The second-order valence-corrected chi connectivity index (χ2v) is 3.31. The van der Waals surface area contributed by atoms with Crippen LogP contribution < -0.4 is 11.5 Å². The molecule has 5 heteroatoms. The highest BCUT2D eigenvalue weighted by molar-refractivity contribution is 9.10. The molecular formula is C8H9BrN2O2.